The Morgan fingerprint density at radius 2 is 1.87 bits per heavy atom. The molecule has 1 aromatic heterocycles. The fraction of sp³-hybridized carbons (Fsp3) is 0.500. The van der Waals surface area contributed by atoms with E-state index in [1.54, 1.807) is 24.5 Å². The Balaban J connectivity index is 1.91. The van der Waals surface area contributed by atoms with Crippen LogP contribution < -0.4 is 5.32 Å². The van der Waals surface area contributed by atoms with E-state index in [2.05, 4.69) is 10.3 Å². The molecule has 0 aliphatic heterocycles. The highest BCUT2D eigenvalue weighted by molar-refractivity contribution is 5.94. The van der Waals surface area contributed by atoms with Crippen LogP contribution in [0.5, 0.6) is 0 Å². The van der Waals surface area contributed by atoms with Crippen LogP contribution in [-0.2, 0) is 0 Å². The Morgan fingerprint density at radius 3 is 2.53 bits per heavy atom. The fourth-order valence-corrected chi connectivity index (χ4v) is 2.02. The molecule has 15 heavy (non-hydrogen) atoms. The van der Waals surface area contributed by atoms with Gasteiger partial charge in [-0.1, -0.05) is 19.3 Å². The van der Waals surface area contributed by atoms with Crippen LogP contribution in [0.3, 0.4) is 0 Å². The zero-order valence-electron chi connectivity index (χ0n) is 8.78. The van der Waals surface area contributed by atoms with Gasteiger partial charge in [0.25, 0.3) is 5.91 Å². The summed E-state index contributed by atoms with van der Waals surface area (Å²) in [6.07, 6.45) is 9.32. The molecule has 0 bridgehead atoms. The van der Waals surface area contributed by atoms with E-state index in [9.17, 15) is 4.79 Å². The Morgan fingerprint density at radius 1 is 1.20 bits per heavy atom. The van der Waals surface area contributed by atoms with E-state index in [-0.39, 0.29) is 5.91 Å². The molecule has 3 heteroatoms. The number of hydrogen-bond acceptors (Lipinski definition) is 2. The van der Waals surface area contributed by atoms with Gasteiger partial charge in [-0.15, -0.1) is 0 Å². The number of carbonyl (C=O) groups is 1. The molecule has 1 N–H and O–H groups in total. The maximum absolute atomic E-state index is 11.8. The van der Waals surface area contributed by atoms with Crippen molar-refractivity contribution in [3.63, 3.8) is 0 Å². The molecule has 0 saturated heterocycles. The van der Waals surface area contributed by atoms with Gasteiger partial charge in [0.05, 0.1) is 0 Å². The number of pyridine rings is 1. The molecular formula is C12H16N2O. The first-order chi connectivity index (χ1) is 7.36. The van der Waals surface area contributed by atoms with Crippen LogP contribution in [0.25, 0.3) is 0 Å². The highest BCUT2D eigenvalue weighted by Gasteiger charge is 2.16. The van der Waals surface area contributed by atoms with Crippen LogP contribution in [0.2, 0.25) is 0 Å². The predicted octanol–water partition coefficient (Wildman–Crippen LogP) is 2.14. The van der Waals surface area contributed by atoms with E-state index in [1.165, 1.54) is 19.3 Å². The lowest BCUT2D eigenvalue weighted by Crippen LogP contribution is -2.36. The van der Waals surface area contributed by atoms with Gasteiger partial charge in [0.1, 0.15) is 0 Å². The molecule has 0 radical (unpaired) electrons. The van der Waals surface area contributed by atoms with Crippen molar-refractivity contribution in [2.75, 3.05) is 0 Å². The normalized spacial score (nSPS) is 17.3. The maximum Gasteiger partial charge on any atom is 0.251 e. The summed E-state index contributed by atoms with van der Waals surface area (Å²) in [4.78, 5) is 15.7. The molecule has 0 atom stereocenters. The van der Waals surface area contributed by atoms with Gasteiger partial charge in [0, 0.05) is 24.0 Å². The number of carbonyl (C=O) groups excluding carboxylic acids is 1. The van der Waals surface area contributed by atoms with E-state index < -0.39 is 0 Å². The highest BCUT2D eigenvalue weighted by Crippen LogP contribution is 2.17. The molecule has 1 aliphatic rings. The van der Waals surface area contributed by atoms with Gasteiger partial charge in [-0.3, -0.25) is 9.78 Å². The molecule has 1 fully saturated rings. The molecule has 80 valence electrons. The highest BCUT2D eigenvalue weighted by atomic mass is 16.1. The van der Waals surface area contributed by atoms with Crippen LogP contribution in [0, 0.1) is 0 Å². The molecule has 1 saturated carbocycles. The van der Waals surface area contributed by atoms with E-state index in [0.29, 0.717) is 11.6 Å². The zero-order chi connectivity index (χ0) is 10.5. The van der Waals surface area contributed by atoms with Gasteiger partial charge in [-0.05, 0) is 25.0 Å². The molecule has 1 amide bonds. The van der Waals surface area contributed by atoms with Crippen molar-refractivity contribution in [1.82, 2.24) is 10.3 Å². The number of aromatic nitrogens is 1. The molecule has 0 unspecified atom stereocenters. The van der Waals surface area contributed by atoms with Crippen LogP contribution in [0.15, 0.2) is 24.5 Å². The lowest BCUT2D eigenvalue weighted by atomic mass is 9.95. The molecular weight excluding hydrogens is 188 g/mol. The first kappa shape index (κ1) is 10.1. The van der Waals surface area contributed by atoms with E-state index in [0.717, 1.165) is 12.8 Å². The van der Waals surface area contributed by atoms with Crippen LogP contribution in [0.1, 0.15) is 42.5 Å². The Bertz CT molecular complexity index is 318. The molecule has 1 aliphatic carbocycles. The molecule has 2 rings (SSSR count). The summed E-state index contributed by atoms with van der Waals surface area (Å²) in [6, 6.07) is 3.87. The zero-order valence-corrected chi connectivity index (χ0v) is 8.78. The summed E-state index contributed by atoms with van der Waals surface area (Å²) in [5.41, 5.74) is 0.704. The van der Waals surface area contributed by atoms with Gasteiger partial charge in [0.15, 0.2) is 0 Å². The number of hydrogen-bond donors (Lipinski definition) is 1. The standard InChI is InChI=1S/C12H16N2O/c15-12(10-6-8-13-9-7-10)14-11-4-2-1-3-5-11/h6-9,11H,1-5H2,(H,14,15). The summed E-state index contributed by atoms with van der Waals surface area (Å²) < 4.78 is 0. The molecule has 3 nitrogen and oxygen atoms in total. The lowest BCUT2D eigenvalue weighted by molar-refractivity contribution is 0.0927. The third-order valence-electron chi connectivity index (χ3n) is 2.88. The summed E-state index contributed by atoms with van der Waals surface area (Å²) in [7, 11) is 0. The second-order valence-corrected chi connectivity index (χ2v) is 4.04. The van der Waals surface area contributed by atoms with Crippen molar-refractivity contribution in [3.05, 3.63) is 30.1 Å². The number of rotatable bonds is 2. The molecule has 0 spiro atoms. The van der Waals surface area contributed by atoms with Crippen molar-refractivity contribution in [2.45, 2.75) is 38.1 Å². The van der Waals surface area contributed by atoms with E-state index in [1.807, 2.05) is 0 Å². The Kier molecular flexibility index (Phi) is 3.33. The first-order valence-corrected chi connectivity index (χ1v) is 5.57. The van der Waals surface area contributed by atoms with Crippen molar-refractivity contribution >= 4 is 5.91 Å². The average molecular weight is 204 g/mol. The monoisotopic (exact) mass is 204 g/mol. The lowest BCUT2D eigenvalue weighted by Gasteiger charge is -2.22. The number of nitrogens with zero attached hydrogens (tertiary/aromatic N) is 1. The van der Waals surface area contributed by atoms with Crippen molar-refractivity contribution in [1.29, 1.82) is 0 Å². The van der Waals surface area contributed by atoms with Crippen LogP contribution >= 0.6 is 0 Å². The SMILES string of the molecule is O=C(NC1CCCCC1)c1ccncc1. The number of amides is 1. The largest absolute Gasteiger partial charge is 0.349 e. The van der Waals surface area contributed by atoms with Gasteiger partial charge in [-0.2, -0.15) is 0 Å². The Hall–Kier alpha value is -1.38. The van der Waals surface area contributed by atoms with Gasteiger partial charge in [0.2, 0.25) is 0 Å². The van der Waals surface area contributed by atoms with Gasteiger partial charge >= 0.3 is 0 Å². The second-order valence-electron chi connectivity index (χ2n) is 4.04. The second kappa shape index (κ2) is 4.91. The van der Waals surface area contributed by atoms with E-state index >= 15 is 0 Å². The summed E-state index contributed by atoms with van der Waals surface area (Å²) in [5.74, 6) is 0.0318. The van der Waals surface area contributed by atoms with Crippen molar-refractivity contribution in [3.8, 4) is 0 Å². The van der Waals surface area contributed by atoms with Gasteiger partial charge in [-0.25, -0.2) is 0 Å². The first-order valence-electron chi connectivity index (χ1n) is 5.57. The predicted molar refractivity (Wildman–Crippen MR) is 58.6 cm³/mol. The third-order valence-corrected chi connectivity index (χ3v) is 2.88. The fourth-order valence-electron chi connectivity index (χ4n) is 2.02. The van der Waals surface area contributed by atoms with Crippen LogP contribution in [0.4, 0.5) is 0 Å². The average Bonchev–Trinajstić information content (AvgIpc) is 2.31. The van der Waals surface area contributed by atoms with Crippen LogP contribution in [-0.4, -0.2) is 16.9 Å². The Labute approximate surface area is 89.9 Å². The minimum absolute atomic E-state index is 0.0318. The number of nitrogens with one attached hydrogen (secondary N) is 1. The topological polar surface area (TPSA) is 42.0 Å². The smallest absolute Gasteiger partial charge is 0.251 e. The molecule has 1 heterocycles. The third kappa shape index (κ3) is 2.78. The molecule has 0 aromatic carbocycles. The maximum atomic E-state index is 11.8. The molecule has 1 aromatic rings. The van der Waals surface area contributed by atoms with Gasteiger partial charge < -0.3 is 5.32 Å². The quantitative estimate of drug-likeness (QED) is 0.802. The van der Waals surface area contributed by atoms with Crippen molar-refractivity contribution < 1.29 is 4.79 Å². The minimum atomic E-state index is 0.0318. The summed E-state index contributed by atoms with van der Waals surface area (Å²) >= 11 is 0. The minimum Gasteiger partial charge on any atom is -0.349 e. The summed E-state index contributed by atoms with van der Waals surface area (Å²) in [5, 5.41) is 3.07. The van der Waals surface area contributed by atoms with Crippen molar-refractivity contribution in [2.24, 2.45) is 0 Å². The van der Waals surface area contributed by atoms with E-state index in [4.69, 9.17) is 0 Å². The summed E-state index contributed by atoms with van der Waals surface area (Å²) in [6.45, 7) is 0.